The standard InChI is InChI=1S/C23H18ClF3O4/c24-18-11-9-17(10-12-18)16-7-4-15(5-8-16)6-13-21(22(28)29)30-19-2-1-3-20(14-19)31-23(25,26)27/h1-5,7-12,14,21H,6,13H2,(H,28,29). The second-order valence-corrected chi connectivity index (χ2v) is 7.15. The molecule has 0 aliphatic rings. The molecule has 0 saturated heterocycles. The van der Waals surface area contributed by atoms with E-state index in [2.05, 4.69) is 4.74 Å². The van der Waals surface area contributed by atoms with Crippen LogP contribution in [0.5, 0.6) is 11.5 Å². The number of benzene rings is 3. The molecule has 162 valence electrons. The molecule has 0 spiro atoms. The zero-order valence-corrected chi connectivity index (χ0v) is 16.9. The summed E-state index contributed by atoms with van der Waals surface area (Å²) in [6, 6.07) is 19.8. The van der Waals surface area contributed by atoms with Crippen LogP contribution in [0.4, 0.5) is 13.2 Å². The summed E-state index contributed by atoms with van der Waals surface area (Å²) in [4.78, 5) is 11.6. The van der Waals surface area contributed by atoms with Crippen molar-refractivity contribution in [1.82, 2.24) is 0 Å². The Labute approximate surface area is 181 Å². The maximum atomic E-state index is 12.4. The molecule has 1 N–H and O–H groups in total. The van der Waals surface area contributed by atoms with Crippen LogP contribution >= 0.6 is 11.6 Å². The van der Waals surface area contributed by atoms with Gasteiger partial charge in [0.25, 0.3) is 0 Å². The number of ether oxygens (including phenoxy) is 2. The van der Waals surface area contributed by atoms with Crippen molar-refractivity contribution in [3.63, 3.8) is 0 Å². The molecule has 3 aromatic carbocycles. The Balaban J connectivity index is 1.63. The lowest BCUT2D eigenvalue weighted by Crippen LogP contribution is -2.27. The smallest absolute Gasteiger partial charge is 0.479 e. The van der Waals surface area contributed by atoms with Gasteiger partial charge in [-0.25, -0.2) is 4.79 Å². The molecule has 0 amide bonds. The number of rotatable bonds is 8. The molecule has 0 aromatic heterocycles. The lowest BCUT2D eigenvalue weighted by molar-refractivity contribution is -0.274. The first-order valence-corrected chi connectivity index (χ1v) is 9.67. The summed E-state index contributed by atoms with van der Waals surface area (Å²) in [7, 11) is 0. The Morgan fingerprint density at radius 1 is 0.935 bits per heavy atom. The number of aryl methyl sites for hydroxylation is 1. The lowest BCUT2D eigenvalue weighted by atomic mass is 10.0. The third-order valence-corrected chi connectivity index (χ3v) is 4.67. The van der Waals surface area contributed by atoms with E-state index in [9.17, 15) is 23.1 Å². The molecule has 1 unspecified atom stereocenters. The minimum absolute atomic E-state index is 0.0211. The summed E-state index contributed by atoms with van der Waals surface area (Å²) < 4.78 is 46.3. The molecule has 3 rings (SSSR count). The Morgan fingerprint density at radius 3 is 2.10 bits per heavy atom. The zero-order chi connectivity index (χ0) is 22.4. The van der Waals surface area contributed by atoms with Gasteiger partial charge in [-0.05, 0) is 53.8 Å². The molecule has 3 aromatic rings. The maximum absolute atomic E-state index is 12.4. The van der Waals surface area contributed by atoms with Crippen LogP contribution in [0.1, 0.15) is 12.0 Å². The molecule has 4 nitrogen and oxygen atoms in total. The molecule has 0 saturated carbocycles. The Bertz CT molecular complexity index is 1020. The van der Waals surface area contributed by atoms with E-state index in [1.807, 2.05) is 36.4 Å². The highest BCUT2D eigenvalue weighted by molar-refractivity contribution is 6.30. The van der Waals surface area contributed by atoms with Gasteiger partial charge in [-0.3, -0.25) is 0 Å². The molecular formula is C23H18ClF3O4. The van der Waals surface area contributed by atoms with E-state index in [4.69, 9.17) is 16.3 Å². The largest absolute Gasteiger partial charge is 0.573 e. The van der Waals surface area contributed by atoms with Crippen molar-refractivity contribution < 1.29 is 32.5 Å². The van der Waals surface area contributed by atoms with Crippen LogP contribution in [0.15, 0.2) is 72.8 Å². The average Bonchev–Trinajstić information content (AvgIpc) is 2.71. The monoisotopic (exact) mass is 450 g/mol. The summed E-state index contributed by atoms with van der Waals surface area (Å²) in [6.45, 7) is 0. The van der Waals surface area contributed by atoms with Crippen molar-refractivity contribution in [3.8, 4) is 22.6 Å². The third kappa shape index (κ3) is 6.93. The molecule has 1 atom stereocenters. The minimum atomic E-state index is -4.84. The quantitative estimate of drug-likeness (QED) is 0.433. The Morgan fingerprint density at radius 2 is 1.52 bits per heavy atom. The van der Waals surface area contributed by atoms with Crippen LogP contribution in [0.3, 0.4) is 0 Å². The molecule has 0 radical (unpaired) electrons. The van der Waals surface area contributed by atoms with Crippen molar-refractivity contribution in [3.05, 3.63) is 83.4 Å². The molecular weight excluding hydrogens is 433 g/mol. The van der Waals surface area contributed by atoms with Gasteiger partial charge in [0, 0.05) is 11.1 Å². The first kappa shape index (κ1) is 22.5. The van der Waals surface area contributed by atoms with Crippen LogP contribution < -0.4 is 9.47 Å². The minimum Gasteiger partial charge on any atom is -0.479 e. The zero-order valence-electron chi connectivity index (χ0n) is 16.1. The van der Waals surface area contributed by atoms with E-state index in [0.29, 0.717) is 11.4 Å². The number of alkyl halides is 3. The number of halogens is 4. The number of carboxylic acids is 1. The van der Waals surface area contributed by atoms with E-state index < -0.39 is 24.2 Å². The summed E-state index contributed by atoms with van der Waals surface area (Å²) >= 11 is 5.90. The summed E-state index contributed by atoms with van der Waals surface area (Å²) in [5, 5.41) is 10.1. The normalized spacial score (nSPS) is 12.3. The van der Waals surface area contributed by atoms with Crippen molar-refractivity contribution >= 4 is 17.6 Å². The number of hydrogen-bond acceptors (Lipinski definition) is 3. The van der Waals surface area contributed by atoms with Gasteiger partial charge in [-0.1, -0.05) is 54.1 Å². The van der Waals surface area contributed by atoms with Crippen molar-refractivity contribution in [2.45, 2.75) is 25.3 Å². The summed E-state index contributed by atoms with van der Waals surface area (Å²) in [6.07, 6.45) is -5.52. The fourth-order valence-corrected chi connectivity index (χ4v) is 3.07. The fraction of sp³-hybridized carbons (Fsp3) is 0.174. The van der Waals surface area contributed by atoms with Gasteiger partial charge in [-0.15, -0.1) is 13.2 Å². The van der Waals surface area contributed by atoms with Crippen molar-refractivity contribution in [2.75, 3.05) is 0 Å². The number of carboxylic acid groups (broad SMARTS) is 1. The van der Waals surface area contributed by atoms with Crippen LogP contribution in [0.25, 0.3) is 11.1 Å². The van der Waals surface area contributed by atoms with E-state index in [-0.39, 0.29) is 12.2 Å². The van der Waals surface area contributed by atoms with Gasteiger partial charge in [0.05, 0.1) is 0 Å². The van der Waals surface area contributed by atoms with Gasteiger partial charge in [0.2, 0.25) is 0 Å². The fourth-order valence-electron chi connectivity index (χ4n) is 2.95. The first-order chi connectivity index (χ1) is 14.7. The highest BCUT2D eigenvalue weighted by Crippen LogP contribution is 2.27. The molecule has 0 heterocycles. The van der Waals surface area contributed by atoms with Crippen LogP contribution in [0, 0.1) is 0 Å². The SMILES string of the molecule is O=C(O)C(CCc1ccc(-c2ccc(Cl)cc2)cc1)Oc1cccc(OC(F)(F)F)c1. The molecule has 0 bridgehead atoms. The van der Waals surface area contributed by atoms with Gasteiger partial charge in [0.15, 0.2) is 6.10 Å². The third-order valence-electron chi connectivity index (χ3n) is 4.42. The predicted molar refractivity (Wildman–Crippen MR) is 110 cm³/mol. The summed E-state index contributed by atoms with van der Waals surface area (Å²) in [5.74, 6) is -1.71. The topological polar surface area (TPSA) is 55.8 Å². The average molecular weight is 451 g/mol. The van der Waals surface area contributed by atoms with Crippen LogP contribution in [-0.4, -0.2) is 23.5 Å². The maximum Gasteiger partial charge on any atom is 0.573 e. The predicted octanol–water partition coefficient (Wildman–Crippen LogP) is 6.37. The van der Waals surface area contributed by atoms with Gasteiger partial charge >= 0.3 is 12.3 Å². The molecule has 31 heavy (non-hydrogen) atoms. The van der Waals surface area contributed by atoms with E-state index in [0.717, 1.165) is 28.8 Å². The number of hydrogen-bond donors (Lipinski definition) is 1. The number of aliphatic carboxylic acids is 1. The molecule has 8 heteroatoms. The molecule has 0 fully saturated rings. The van der Waals surface area contributed by atoms with E-state index >= 15 is 0 Å². The second-order valence-electron chi connectivity index (χ2n) is 6.71. The summed E-state index contributed by atoms with van der Waals surface area (Å²) in [5.41, 5.74) is 2.90. The highest BCUT2D eigenvalue weighted by Gasteiger charge is 2.31. The van der Waals surface area contributed by atoms with Gasteiger partial charge in [-0.2, -0.15) is 0 Å². The van der Waals surface area contributed by atoms with Crippen LogP contribution in [-0.2, 0) is 11.2 Å². The molecule has 0 aliphatic carbocycles. The first-order valence-electron chi connectivity index (χ1n) is 9.30. The van der Waals surface area contributed by atoms with Gasteiger partial charge < -0.3 is 14.6 Å². The van der Waals surface area contributed by atoms with E-state index in [1.165, 1.54) is 12.1 Å². The Hall–Kier alpha value is -3.19. The second kappa shape index (κ2) is 9.75. The Kier molecular flexibility index (Phi) is 7.07. The number of carbonyl (C=O) groups is 1. The lowest BCUT2D eigenvalue weighted by Gasteiger charge is -2.16. The van der Waals surface area contributed by atoms with E-state index in [1.54, 1.807) is 12.1 Å². The van der Waals surface area contributed by atoms with Crippen LogP contribution in [0.2, 0.25) is 5.02 Å². The molecule has 0 aliphatic heterocycles. The highest BCUT2D eigenvalue weighted by atomic mass is 35.5. The van der Waals surface area contributed by atoms with Gasteiger partial charge in [0.1, 0.15) is 11.5 Å². The van der Waals surface area contributed by atoms with Crippen molar-refractivity contribution in [2.24, 2.45) is 0 Å². The van der Waals surface area contributed by atoms with Crippen molar-refractivity contribution in [1.29, 1.82) is 0 Å².